The maximum Gasteiger partial charge on any atom is 0.326 e. The molecule has 0 aromatic heterocycles. The fourth-order valence-electron chi connectivity index (χ4n) is 2.51. The van der Waals surface area contributed by atoms with Gasteiger partial charge in [-0.1, -0.05) is 6.92 Å². The summed E-state index contributed by atoms with van der Waals surface area (Å²) < 4.78 is 5.22. The highest BCUT2D eigenvalue weighted by atomic mass is 16.5. The van der Waals surface area contributed by atoms with Crippen molar-refractivity contribution in [1.82, 2.24) is 5.32 Å². The molecule has 3 heteroatoms. The molecule has 1 saturated heterocycles. The number of nitrogens with one attached hydrogen (secondary N) is 1. The van der Waals surface area contributed by atoms with Crippen LogP contribution < -0.4 is 5.32 Å². The molecule has 1 saturated carbocycles. The highest BCUT2D eigenvalue weighted by Crippen LogP contribution is 2.34. The number of ether oxygens (including phenoxy) is 1. The van der Waals surface area contributed by atoms with Crippen LogP contribution in [0.25, 0.3) is 0 Å². The summed E-state index contributed by atoms with van der Waals surface area (Å²) in [5.41, 5.74) is -0.343. The molecule has 1 heterocycles. The van der Waals surface area contributed by atoms with E-state index < -0.39 is 0 Å². The molecular formula is C11H19NO2. The molecule has 1 atom stereocenters. The van der Waals surface area contributed by atoms with Crippen LogP contribution in [0.4, 0.5) is 0 Å². The van der Waals surface area contributed by atoms with E-state index in [1.54, 1.807) is 0 Å². The molecule has 0 aromatic rings. The van der Waals surface area contributed by atoms with Crippen molar-refractivity contribution < 1.29 is 9.53 Å². The molecule has 1 N–H and O–H groups in total. The van der Waals surface area contributed by atoms with E-state index >= 15 is 0 Å². The number of hydrogen-bond donors (Lipinski definition) is 1. The lowest BCUT2D eigenvalue weighted by atomic mass is 9.76. The van der Waals surface area contributed by atoms with E-state index in [4.69, 9.17) is 4.74 Å². The topological polar surface area (TPSA) is 38.3 Å². The number of morpholine rings is 1. The Bertz CT molecular complexity index is 231. The van der Waals surface area contributed by atoms with Crippen molar-refractivity contribution in [2.45, 2.75) is 51.1 Å². The molecule has 3 nitrogen and oxygen atoms in total. The summed E-state index contributed by atoms with van der Waals surface area (Å²) >= 11 is 0. The minimum atomic E-state index is -0.343. The maximum absolute atomic E-state index is 11.7. The van der Waals surface area contributed by atoms with Gasteiger partial charge < -0.3 is 4.74 Å². The Balaban J connectivity index is 2.08. The third kappa shape index (κ3) is 1.65. The van der Waals surface area contributed by atoms with Gasteiger partial charge in [-0.15, -0.1) is 0 Å². The molecule has 2 rings (SSSR count). The van der Waals surface area contributed by atoms with Gasteiger partial charge in [0.2, 0.25) is 0 Å². The Morgan fingerprint density at radius 2 is 2.00 bits per heavy atom. The van der Waals surface area contributed by atoms with Crippen molar-refractivity contribution in [2.75, 3.05) is 6.61 Å². The van der Waals surface area contributed by atoms with Gasteiger partial charge in [-0.2, -0.15) is 0 Å². The van der Waals surface area contributed by atoms with Gasteiger partial charge in [-0.3, -0.25) is 10.1 Å². The Kier molecular flexibility index (Phi) is 2.52. The predicted molar refractivity (Wildman–Crippen MR) is 53.9 cm³/mol. The lowest BCUT2D eigenvalue weighted by Crippen LogP contribution is -2.62. The Morgan fingerprint density at radius 1 is 1.36 bits per heavy atom. The molecular weight excluding hydrogens is 178 g/mol. The van der Waals surface area contributed by atoms with E-state index in [1.807, 2.05) is 0 Å². The molecule has 1 aliphatic carbocycles. The van der Waals surface area contributed by atoms with E-state index in [0.29, 0.717) is 12.6 Å². The summed E-state index contributed by atoms with van der Waals surface area (Å²) in [5.74, 6) is 0.731. The standard InChI is InChI=1S/C11H19NO2/c1-8-3-5-11(6-4-8)10(13)14-7-9(2)12-11/h8-9,12H,3-7H2,1-2H3. The van der Waals surface area contributed by atoms with Gasteiger partial charge in [0.25, 0.3) is 0 Å². The monoisotopic (exact) mass is 197 g/mol. The number of carbonyl (C=O) groups excluding carboxylic acids is 1. The van der Waals surface area contributed by atoms with E-state index in [0.717, 1.165) is 31.6 Å². The SMILES string of the molecule is CC1CCC2(CC1)NC(C)COC2=O. The van der Waals surface area contributed by atoms with E-state index in [-0.39, 0.29) is 11.5 Å². The number of rotatable bonds is 0. The normalized spacial score (nSPS) is 43.7. The van der Waals surface area contributed by atoms with Gasteiger partial charge in [0.05, 0.1) is 0 Å². The lowest BCUT2D eigenvalue weighted by molar-refractivity contribution is -0.161. The maximum atomic E-state index is 11.7. The van der Waals surface area contributed by atoms with Crippen LogP contribution in [0.5, 0.6) is 0 Å². The molecule has 0 amide bonds. The van der Waals surface area contributed by atoms with Crippen LogP contribution in [0.1, 0.15) is 39.5 Å². The Hall–Kier alpha value is -0.570. The Labute approximate surface area is 85.2 Å². The second-order valence-corrected chi connectivity index (χ2v) is 4.91. The van der Waals surface area contributed by atoms with Crippen molar-refractivity contribution in [3.63, 3.8) is 0 Å². The molecule has 1 unspecified atom stereocenters. The first-order chi connectivity index (χ1) is 6.62. The summed E-state index contributed by atoms with van der Waals surface area (Å²) in [6.07, 6.45) is 4.15. The summed E-state index contributed by atoms with van der Waals surface area (Å²) in [4.78, 5) is 11.7. The smallest absolute Gasteiger partial charge is 0.326 e. The molecule has 1 aliphatic heterocycles. The summed E-state index contributed by atoms with van der Waals surface area (Å²) in [6.45, 7) is 4.85. The number of hydrogen-bond acceptors (Lipinski definition) is 3. The highest BCUT2D eigenvalue weighted by molar-refractivity contribution is 5.81. The zero-order chi connectivity index (χ0) is 10.2. The van der Waals surface area contributed by atoms with Gasteiger partial charge in [0, 0.05) is 6.04 Å². The molecule has 14 heavy (non-hydrogen) atoms. The fourth-order valence-corrected chi connectivity index (χ4v) is 2.51. The van der Waals surface area contributed by atoms with Crippen LogP contribution >= 0.6 is 0 Å². The van der Waals surface area contributed by atoms with Crippen LogP contribution in [-0.2, 0) is 9.53 Å². The van der Waals surface area contributed by atoms with Crippen molar-refractivity contribution >= 4 is 5.97 Å². The van der Waals surface area contributed by atoms with Gasteiger partial charge in [-0.05, 0) is 38.5 Å². The van der Waals surface area contributed by atoms with E-state index in [9.17, 15) is 4.79 Å². The van der Waals surface area contributed by atoms with E-state index in [2.05, 4.69) is 19.2 Å². The van der Waals surface area contributed by atoms with Crippen molar-refractivity contribution in [2.24, 2.45) is 5.92 Å². The van der Waals surface area contributed by atoms with Gasteiger partial charge in [-0.25, -0.2) is 0 Å². The summed E-state index contributed by atoms with van der Waals surface area (Å²) in [5, 5.41) is 3.43. The average Bonchev–Trinajstić information content (AvgIpc) is 2.17. The molecule has 80 valence electrons. The molecule has 0 radical (unpaired) electrons. The van der Waals surface area contributed by atoms with Gasteiger partial charge >= 0.3 is 5.97 Å². The minimum absolute atomic E-state index is 0.0255. The minimum Gasteiger partial charge on any atom is -0.463 e. The molecule has 0 aromatic carbocycles. The Morgan fingerprint density at radius 3 is 2.64 bits per heavy atom. The van der Waals surface area contributed by atoms with E-state index in [1.165, 1.54) is 0 Å². The molecule has 2 aliphatic rings. The fraction of sp³-hybridized carbons (Fsp3) is 0.909. The first-order valence-electron chi connectivity index (χ1n) is 5.57. The van der Waals surface area contributed by atoms with Crippen LogP contribution in [-0.4, -0.2) is 24.2 Å². The summed E-state index contributed by atoms with van der Waals surface area (Å²) in [6, 6.07) is 0.307. The summed E-state index contributed by atoms with van der Waals surface area (Å²) in [7, 11) is 0. The number of carbonyl (C=O) groups is 1. The molecule has 1 spiro atoms. The molecule has 0 bridgehead atoms. The van der Waals surface area contributed by atoms with Crippen LogP contribution in [0.2, 0.25) is 0 Å². The zero-order valence-electron chi connectivity index (χ0n) is 9.01. The van der Waals surface area contributed by atoms with Gasteiger partial charge in [0.15, 0.2) is 0 Å². The van der Waals surface area contributed by atoms with Crippen molar-refractivity contribution in [3.05, 3.63) is 0 Å². The first-order valence-corrected chi connectivity index (χ1v) is 5.57. The zero-order valence-corrected chi connectivity index (χ0v) is 9.01. The second-order valence-electron chi connectivity index (χ2n) is 4.91. The lowest BCUT2D eigenvalue weighted by Gasteiger charge is -2.43. The van der Waals surface area contributed by atoms with Crippen LogP contribution in [0, 0.1) is 5.92 Å². The predicted octanol–water partition coefficient (Wildman–Crippen LogP) is 1.47. The van der Waals surface area contributed by atoms with Crippen LogP contribution in [0.3, 0.4) is 0 Å². The third-order valence-corrected chi connectivity index (χ3v) is 3.51. The second kappa shape index (κ2) is 3.54. The average molecular weight is 197 g/mol. The first kappa shape index (κ1) is 9.97. The van der Waals surface area contributed by atoms with Crippen molar-refractivity contribution in [3.8, 4) is 0 Å². The largest absolute Gasteiger partial charge is 0.463 e. The van der Waals surface area contributed by atoms with Gasteiger partial charge in [0.1, 0.15) is 12.1 Å². The van der Waals surface area contributed by atoms with Crippen molar-refractivity contribution in [1.29, 1.82) is 0 Å². The number of cyclic esters (lactones) is 1. The third-order valence-electron chi connectivity index (χ3n) is 3.51. The number of esters is 1. The van der Waals surface area contributed by atoms with Crippen LogP contribution in [0.15, 0.2) is 0 Å². The highest BCUT2D eigenvalue weighted by Gasteiger charge is 2.45. The molecule has 2 fully saturated rings. The quantitative estimate of drug-likeness (QED) is 0.598.